The van der Waals surface area contributed by atoms with Crippen molar-refractivity contribution in [1.82, 2.24) is 15.1 Å². The Bertz CT molecular complexity index is 599. The molecule has 114 valence electrons. The third kappa shape index (κ3) is 3.03. The normalized spacial score (nSPS) is 12.6. The van der Waals surface area contributed by atoms with Crippen LogP contribution in [-0.4, -0.2) is 16.3 Å². The van der Waals surface area contributed by atoms with Gasteiger partial charge in [-0.1, -0.05) is 45.0 Å². The monoisotopic (exact) mass is 285 g/mol. The van der Waals surface area contributed by atoms with Crippen LogP contribution in [0.2, 0.25) is 0 Å². The molecule has 0 fully saturated rings. The second kappa shape index (κ2) is 6.90. The van der Waals surface area contributed by atoms with Gasteiger partial charge >= 0.3 is 0 Å². The molecule has 1 aromatic heterocycles. The first-order valence-corrected chi connectivity index (χ1v) is 8.01. The van der Waals surface area contributed by atoms with E-state index >= 15 is 0 Å². The Morgan fingerprint density at radius 3 is 2.48 bits per heavy atom. The van der Waals surface area contributed by atoms with Crippen molar-refractivity contribution >= 4 is 0 Å². The van der Waals surface area contributed by atoms with Gasteiger partial charge in [-0.15, -0.1) is 0 Å². The Balaban J connectivity index is 2.62. The molecule has 2 aromatic rings. The van der Waals surface area contributed by atoms with E-state index in [9.17, 15) is 0 Å². The quantitative estimate of drug-likeness (QED) is 0.873. The molecule has 0 saturated heterocycles. The number of hydrogen-bond acceptors (Lipinski definition) is 2. The molecule has 0 saturated carbocycles. The molecule has 1 atom stereocenters. The predicted molar refractivity (Wildman–Crippen MR) is 89.5 cm³/mol. The topological polar surface area (TPSA) is 29.9 Å². The van der Waals surface area contributed by atoms with E-state index in [1.807, 2.05) is 4.68 Å². The lowest BCUT2D eigenvalue weighted by molar-refractivity contribution is 0.599. The number of aromatic nitrogens is 2. The molecule has 0 aliphatic heterocycles. The summed E-state index contributed by atoms with van der Waals surface area (Å²) >= 11 is 0. The molecule has 1 aromatic carbocycles. The third-order valence-corrected chi connectivity index (χ3v) is 4.12. The molecular formula is C18H27N3. The molecule has 21 heavy (non-hydrogen) atoms. The molecule has 3 nitrogen and oxygen atoms in total. The molecule has 0 aliphatic rings. The molecule has 0 aliphatic carbocycles. The van der Waals surface area contributed by atoms with Crippen molar-refractivity contribution in [2.24, 2.45) is 7.05 Å². The van der Waals surface area contributed by atoms with E-state index in [1.165, 1.54) is 28.1 Å². The van der Waals surface area contributed by atoms with E-state index in [4.69, 9.17) is 5.10 Å². The summed E-state index contributed by atoms with van der Waals surface area (Å²) in [4.78, 5) is 0. The van der Waals surface area contributed by atoms with Crippen molar-refractivity contribution in [1.29, 1.82) is 0 Å². The van der Waals surface area contributed by atoms with Gasteiger partial charge in [-0.05, 0) is 37.4 Å². The van der Waals surface area contributed by atoms with Gasteiger partial charge in [-0.25, -0.2) is 0 Å². The molecule has 2 rings (SSSR count). The zero-order valence-corrected chi connectivity index (χ0v) is 13.9. The van der Waals surface area contributed by atoms with Gasteiger partial charge in [0, 0.05) is 24.3 Å². The Morgan fingerprint density at radius 1 is 1.14 bits per heavy atom. The van der Waals surface area contributed by atoms with Crippen LogP contribution in [0.1, 0.15) is 50.7 Å². The Morgan fingerprint density at radius 2 is 1.86 bits per heavy atom. The Kier molecular flexibility index (Phi) is 5.18. The first kappa shape index (κ1) is 15.8. The maximum Gasteiger partial charge on any atom is 0.0703 e. The van der Waals surface area contributed by atoms with Crippen LogP contribution in [-0.2, 0) is 19.9 Å². The van der Waals surface area contributed by atoms with Crippen molar-refractivity contribution in [3.8, 4) is 11.1 Å². The molecule has 0 bridgehead atoms. The molecule has 0 radical (unpaired) electrons. The van der Waals surface area contributed by atoms with Gasteiger partial charge in [0.2, 0.25) is 0 Å². The molecule has 0 amide bonds. The Labute approximate surface area is 128 Å². The smallest absolute Gasteiger partial charge is 0.0703 e. The van der Waals surface area contributed by atoms with Gasteiger partial charge in [-0.3, -0.25) is 4.68 Å². The first-order chi connectivity index (χ1) is 10.1. The summed E-state index contributed by atoms with van der Waals surface area (Å²) in [7, 11) is 2.05. The van der Waals surface area contributed by atoms with Gasteiger partial charge in [0.05, 0.1) is 5.69 Å². The average molecular weight is 285 g/mol. The second-order valence-corrected chi connectivity index (χ2v) is 5.47. The number of nitrogens with one attached hydrogen (secondary N) is 1. The van der Waals surface area contributed by atoms with Crippen LogP contribution in [0.25, 0.3) is 11.1 Å². The van der Waals surface area contributed by atoms with Gasteiger partial charge in [0.1, 0.15) is 0 Å². The highest BCUT2D eigenvalue weighted by Crippen LogP contribution is 2.33. The molecule has 1 unspecified atom stereocenters. The predicted octanol–water partition coefficient (Wildman–Crippen LogP) is 3.88. The maximum absolute atomic E-state index is 4.72. The highest BCUT2D eigenvalue weighted by molar-refractivity contribution is 5.72. The zero-order chi connectivity index (χ0) is 15.4. The minimum Gasteiger partial charge on any atom is -0.310 e. The standard InChI is InChI=1S/C18H27N3/c1-6-16-18(17(7-2)21(5)20-16)15-12-10-9-11-14(15)13(4)19-8-3/h9-13,19H,6-8H2,1-5H3. The first-order valence-electron chi connectivity index (χ1n) is 8.01. The molecule has 3 heteroatoms. The lowest BCUT2D eigenvalue weighted by Crippen LogP contribution is -2.18. The van der Waals surface area contributed by atoms with E-state index in [0.717, 1.165) is 19.4 Å². The van der Waals surface area contributed by atoms with Gasteiger partial charge < -0.3 is 5.32 Å². The van der Waals surface area contributed by atoms with Crippen molar-refractivity contribution in [3.05, 3.63) is 41.2 Å². The molecule has 1 N–H and O–H groups in total. The van der Waals surface area contributed by atoms with Gasteiger partial charge in [0.15, 0.2) is 0 Å². The van der Waals surface area contributed by atoms with Crippen molar-refractivity contribution < 1.29 is 0 Å². The van der Waals surface area contributed by atoms with E-state index in [2.05, 4.69) is 64.3 Å². The summed E-state index contributed by atoms with van der Waals surface area (Å²) in [6.45, 7) is 9.75. The fourth-order valence-electron chi connectivity index (χ4n) is 3.10. The van der Waals surface area contributed by atoms with Crippen LogP contribution in [0.15, 0.2) is 24.3 Å². The molecule has 0 spiro atoms. The third-order valence-electron chi connectivity index (χ3n) is 4.12. The van der Waals surface area contributed by atoms with Crippen molar-refractivity contribution in [3.63, 3.8) is 0 Å². The minimum atomic E-state index is 0.348. The van der Waals surface area contributed by atoms with Crippen LogP contribution in [0, 0.1) is 0 Å². The lowest BCUT2D eigenvalue weighted by atomic mass is 9.92. The number of nitrogens with zero attached hydrogens (tertiary/aromatic N) is 2. The molecular weight excluding hydrogens is 258 g/mol. The highest BCUT2D eigenvalue weighted by atomic mass is 15.3. The zero-order valence-electron chi connectivity index (χ0n) is 13.9. The van der Waals surface area contributed by atoms with E-state index in [0.29, 0.717) is 6.04 Å². The summed E-state index contributed by atoms with van der Waals surface area (Å²) in [5.41, 5.74) is 6.54. The minimum absolute atomic E-state index is 0.348. The van der Waals surface area contributed by atoms with E-state index in [-0.39, 0.29) is 0 Å². The largest absolute Gasteiger partial charge is 0.310 e. The second-order valence-electron chi connectivity index (χ2n) is 5.47. The number of rotatable bonds is 6. The fourth-order valence-corrected chi connectivity index (χ4v) is 3.10. The summed E-state index contributed by atoms with van der Waals surface area (Å²) < 4.78 is 2.04. The van der Waals surface area contributed by atoms with Crippen LogP contribution in [0.4, 0.5) is 0 Å². The van der Waals surface area contributed by atoms with Crippen molar-refractivity contribution in [2.75, 3.05) is 6.54 Å². The number of hydrogen-bond donors (Lipinski definition) is 1. The highest BCUT2D eigenvalue weighted by Gasteiger charge is 2.19. The maximum atomic E-state index is 4.72. The van der Waals surface area contributed by atoms with Crippen molar-refractivity contribution in [2.45, 2.75) is 46.6 Å². The fraction of sp³-hybridized carbons (Fsp3) is 0.500. The summed E-state index contributed by atoms with van der Waals surface area (Å²) in [6, 6.07) is 9.07. The number of benzene rings is 1. The van der Waals surface area contributed by atoms with Crippen LogP contribution in [0.3, 0.4) is 0 Å². The molecule has 1 heterocycles. The lowest BCUT2D eigenvalue weighted by Gasteiger charge is -2.18. The average Bonchev–Trinajstić information content (AvgIpc) is 2.83. The van der Waals surface area contributed by atoms with Gasteiger partial charge in [0.25, 0.3) is 0 Å². The SMILES string of the molecule is CCNC(C)c1ccccc1-c1c(CC)nn(C)c1CC. The summed E-state index contributed by atoms with van der Waals surface area (Å²) in [6.07, 6.45) is 1.97. The number of aryl methyl sites for hydroxylation is 2. The van der Waals surface area contributed by atoms with E-state index < -0.39 is 0 Å². The van der Waals surface area contributed by atoms with Crippen LogP contribution >= 0.6 is 0 Å². The van der Waals surface area contributed by atoms with Crippen LogP contribution in [0.5, 0.6) is 0 Å². The summed E-state index contributed by atoms with van der Waals surface area (Å²) in [5.74, 6) is 0. The Hall–Kier alpha value is -1.61. The van der Waals surface area contributed by atoms with Crippen LogP contribution < -0.4 is 5.32 Å². The van der Waals surface area contributed by atoms with Gasteiger partial charge in [-0.2, -0.15) is 5.10 Å². The summed E-state index contributed by atoms with van der Waals surface area (Å²) in [5, 5.41) is 8.25. The van der Waals surface area contributed by atoms with E-state index in [1.54, 1.807) is 0 Å².